The van der Waals surface area contributed by atoms with Crippen LogP contribution in [0.1, 0.15) is 10.4 Å². The summed E-state index contributed by atoms with van der Waals surface area (Å²) in [5.74, 6) is -1.23. The predicted molar refractivity (Wildman–Crippen MR) is 66.8 cm³/mol. The maximum Gasteiger partial charge on any atom is 0.341 e. The van der Waals surface area contributed by atoms with Crippen LogP contribution in [0.3, 0.4) is 0 Å². The van der Waals surface area contributed by atoms with Gasteiger partial charge in [0.15, 0.2) is 0 Å². The lowest BCUT2D eigenvalue weighted by atomic mass is 10.1. The van der Waals surface area contributed by atoms with E-state index < -0.39 is 11.4 Å². The third kappa shape index (κ3) is 1.37. The number of benzene rings is 1. The van der Waals surface area contributed by atoms with Gasteiger partial charge < -0.3 is 10.1 Å². The van der Waals surface area contributed by atoms with E-state index in [-0.39, 0.29) is 5.56 Å². The van der Waals surface area contributed by atoms with Crippen LogP contribution in [-0.4, -0.2) is 21.0 Å². The number of fused-ring (bicyclic) bond motifs is 3. The molecule has 88 valence electrons. The van der Waals surface area contributed by atoms with Gasteiger partial charge in [0.1, 0.15) is 5.56 Å². The molecule has 2 aromatic heterocycles. The van der Waals surface area contributed by atoms with Crippen LogP contribution in [0.2, 0.25) is 0 Å². The van der Waals surface area contributed by atoms with Crippen molar-refractivity contribution in [3.63, 3.8) is 0 Å². The monoisotopic (exact) mass is 240 g/mol. The molecule has 0 unspecified atom stereocenters. The predicted octanol–water partition coefficient (Wildman–Crippen LogP) is 1.77. The number of carboxylic acid groups (broad SMARTS) is 1. The third-order valence-electron chi connectivity index (χ3n) is 2.90. The number of aromatic carboxylic acids is 1. The van der Waals surface area contributed by atoms with Gasteiger partial charge in [-0.25, -0.2) is 4.79 Å². The molecule has 0 fully saturated rings. The second-order valence-electron chi connectivity index (χ2n) is 3.92. The average molecular weight is 240 g/mol. The number of H-pyrrole nitrogens is 1. The van der Waals surface area contributed by atoms with Crippen LogP contribution in [0.5, 0.6) is 0 Å². The van der Waals surface area contributed by atoms with Gasteiger partial charge >= 0.3 is 5.97 Å². The number of rotatable bonds is 1. The molecule has 0 radical (unpaired) electrons. The van der Waals surface area contributed by atoms with Gasteiger partial charge in [-0.1, -0.05) is 6.07 Å². The number of nitrogens with zero attached hydrogens (tertiary/aromatic N) is 1. The van der Waals surface area contributed by atoms with E-state index in [9.17, 15) is 9.59 Å². The first-order valence-corrected chi connectivity index (χ1v) is 5.30. The molecule has 0 aliphatic rings. The molecule has 0 aliphatic heterocycles. The van der Waals surface area contributed by atoms with Crippen molar-refractivity contribution in [2.24, 2.45) is 0 Å². The fraction of sp³-hybridized carbons (Fsp3) is 0. The van der Waals surface area contributed by atoms with Crippen LogP contribution in [0.15, 0.2) is 41.6 Å². The van der Waals surface area contributed by atoms with E-state index in [1.807, 2.05) is 0 Å². The zero-order chi connectivity index (χ0) is 12.7. The van der Waals surface area contributed by atoms with Gasteiger partial charge in [-0.05, 0) is 12.1 Å². The zero-order valence-electron chi connectivity index (χ0n) is 9.18. The van der Waals surface area contributed by atoms with Crippen molar-refractivity contribution in [1.82, 2.24) is 9.97 Å². The molecule has 0 bridgehead atoms. The van der Waals surface area contributed by atoms with E-state index >= 15 is 0 Å². The normalized spacial score (nSPS) is 10.9. The van der Waals surface area contributed by atoms with Gasteiger partial charge in [0.2, 0.25) is 5.43 Å². The molecular weight excluding hydrogens is 232 g/mol. The quantitative estimate of drug-likeness (QED) is 0.635. The van der Waals surface area contributed by atoms with Crippen molar-refractivity contribution in [1.29, 1.82) is 0 Å². The zero-order valence-corrected chi connectivity index (χ0v) is 9.18. The summed E-state index contributed by atoms with van der Waals surface area (Å²) in [5.41, 5.74) is -0.101. The molecule has 18 heavy (non-hydrogen) atoms. The largest absolute Gasteiger partial charge is 0.477 e. The molecule has 2 N–H and O–H groups in total. The van der Waals surface area contributed by atoms with Crippen molar-refractivity contribution in [2.45, 2.75) is 0 Å². The number of pyridine rings is 2. The maximum absolute atomic E-state index is 12.0. The Morgan fingerprint density at radius 1 is 1.22 bits per heavy atom. The molecule has 1 aromatic carbocycles. The smallest absolute Gasteiger partial charge is 0.341 e. The summed E-state index contributed by atoms with van der Waals surface area (Å²) in [7, 11) is 0. The van der Waals surface area contributed by atoms with E-state index in [0.717, 1.165) is 10.8 Å². The van der Waals surface area contributed by atoms with Gasteiger partial charge in [-0.3, -0.25) is 9.78 Å². The molecule has 0 saturated heterocycles. The molecular formula is C13H8N2O3. The Morgan fingerprint density at radius 3 is 2.83 bits per heavy atom. The minimum Gasteiger partial charge on any atom is -0.477 e. The van der Waals surface area contributed by atoms with E-state index in [4.69, 9.17) is 5.11 Å². The van der Waals surface area contributed by atoms with Crippen molar-refractivity contribution >= 4 is 27.6 Å². The van der Waals surface area contributed by atoms with Crippen molar-refractivity contribution in [2.75, 3.05) is 0 Å². The first-order valence-electron chi connectivity index (χ1n) is 5.30. The summed E-state index contributed by atoms with van der Waals surface area (Å²) >= 11 is 0. The highest BCUT2D eigenvalue weighted by Gasteiger charge is 2.12. The van der Waals surface area contributed by atoms with Gasteiger partial charge in [0, 0.05) is 34.7 Å². The Bertz CT molecular complexity index is 836. The fourth-order valence-electron chi connectivity index (χ4n) is 2.03. The van der Waals surface area contributed by atoms with E-state index in [1.165, 1.54) is 6.20 Å². The number of hydrogen-bond acceptors (Lipinski definition) is 3. The van der Waals surface area contributed by atoms with E-state index in [0.29, 0.717) is 10.9 Å². The first kappa shape index (κ1) is 10.5. The van der Waals surface area contributed by atoms with E-state index in [1.54, 1.807) is 30.6 Å². The van der Waals surface area contributed by atoms with Crippen LogP contribution in [0, 0.1) is 0 Å². The van der Waals surface area contributed by atoms with Crippen LogP contribution < -0.4 is 5.43 Å². The Labute approximate surface area is 101 Å². The molecule has 0 amide bonds. The Hall–Kier alpha value is -2.69. The molecule has 3 aromatic rings. The Kier molecular flexibility index (Phi) is 2.13. The van der Waals surface area contributed by atoms with Crippen molar-refractivity contribution in [3.05, 3.63) is 52.6 Å². The highest BCUT2D eigenvalue weighted by Crippen LogP contribution is 2.20. The van der Waals surface area contributed by atoms with Crippen LogP contribution >= 0.6 is 0 Å². The second-order valence-corrected chi connectivity index (χ2v) is 3.92. The van der Waals surface area contributed by atoms with Crippen molar-refractivity contribution in [3.8, 4) is 0 Å². The second kappa shape index (κ2) is 3.66. The number of aromatic amines is 1. The van der Waals surface area contributed by atoms with Gasteiger partial charge in [-0.2, -0.15) is 0 Å². The lowest BCUT2D eigenvalue weighted by Gasteiger charge is -2.03. The Morgan fingerprint density at radius 2 is 2.06 bits per heavy atom. The van der Waals surface area contributed by atoms with Crippen LogP contribution in [-0.2, 0) is 0 Å². The van der Waals surface area contributed by atoms with Crippen molar-refractivity contribution < 1.29 is 9.90 Å². The highest BCUT2D eigenvalue weighted by atomic mass is 16.4. The molecule has 0 spiro atoms. The molecule has 5 nitrogen and oxygen atoms in total. The molecule has 0 atom stereocenters. The number of carbonyl (C=O) groups is 1. The number of hydrogen-bond donors (Lipinski definition) is 2. The number of carboxylic acids is 1. The minimum absolute atomic E-state index is 0.254. The molecule has 5 heteroatoms. The standard InChI is InChI=1S/C13H8N2O3/c16-12-9-2-1-7-5-14-4-3-8(7)11(9)15-6-10(12)13(17)18/h1-6H,(H,15,16)(H,17,18). The maximum atomic E-state index is 12.0. The van der Waals surface area contributed by atoms with E-state index in [2.05, 4.69) is 9.97 Å². The average Bonchev–Trinajstić information content (AvgIpc) is 2.38. The summed E-state index contributed by atoms with van der Waals surface area (Å²) in [6.45, 7) is 0. The minimum atomic E-state index is -1.23. The summed E-state index contributed by atoms with van der Waals surface area (Å²) in [6, 6.07) is 5.16. The van der Waals surface area contributed by atoms with Gasteiger partial charge in [0.25, 0.3) is 0 Å². The highest BCUT2D eigenvalue weighted by molar-refractivity contribution is 6.06. The summed E-state index contributed by atoms with van der Waals surface area (Å²) in [6.07, 6.45) is 4.55. The summed E-state index contributed by atoms with van der Waals surface area (Å²) in [4.78, 5) is 29.8. The molecule has 0 saturated carbocycles. The lowest BCUT2D eigenvalue weighted by Crippen LogP contribution is -2.15. The summed E-state index contributed by atoms with van der Waals surface area (Å²) < 4.78 is 0. The third-order valence-corrected chi connectivity index (χ3v) is 2.90. The fourth-order valence-corrected chi connectivity index (χ4v) is 2.03. The topological polar surface area (TPSA) is 83.0 Å². The van der Waals surface area contributed by atoms with Gasteiger partial charge in [-0.15, -0.1) is 0 Å². The number of nitrogens with one attached hydrogen (secondary N) is 1. The first-order chi connectivity index (χ1) is 8.68. The SMILES string of the molecule is O=C(O)c1c[nH]c2c(ccc3cnccc32)c1=O. The van der Waals surface area contributed by atoms with Crippen LogP contribution in [0.4, 0.5) is 0 Å². The summed E-state index contributed by atoms with van der Waals surface area (Å²) in [5, 5.41) is 11.0. The lowest BCUT2D eigenvalue weighted by molar-refractivity contribution is 0.0695. The van der Waals surface area contributed by atoms with Gasteiger partial charge in [0.05, 0.1) is 5.52 Å². The Balaban J connectivity index is 2.52. The van der Waals surface area contributed by atoms with Crippen LogP contribution in [0.25, 0.3) is 21.7 Å². The molecule has 2 heterocycles. The molecule has 0 aliphatic carbocycles. The number of aromatic nitrogens is 2. The molecule has 3 rings (SSSR count).